The SMILES string of the molecule is CCN(C)CCNC1CCN(C(=O)N(C)C)CC1. The molecule has 1 aliphatic rings. The van der Waals surface area contributed by atoms with Crippen LogP contribution in [-0.2, 0) is 0 Å². The van der Waals surface area contributed by atoms with E-state index in [1.54, 1.807) is 4.90 Å². The Morgan fingerprint density at radius 3 is 2.39 bits per heavy atom. The van der Waals surface area contributed by atoms with Crippen LogP contribution in [0, 0.1) is 0 Å². The lowest BCUT2D eigenvalue weighted by molar-refractivity contribution is 0.152. The Morgan fingerprint density at radius 1 is 1.28 bits per heavy atom. The van der Waals surface area contributed by atoms with Crippen molar-refractivity contribution in [3.8, 4) is 0 Å². The van der Waals surface area contributed by atoms with Crippen molar-refractivity contribution in [2.24, 2.45) is 0 Å². The Kier molecular flexibility index (Phi) is 6.43. The van der Waals surface area contributed by atoms with Gasteiger partial charge >= 0.3 is 6.03 Å². The normalized spacial score (nSPS) is 17.3. The van der Waals surface area contributed by atoms with E-state index in [4.69, 9.17) is 0 Å². The molecule has 2 amide bonds. The molecule has 18 heavy (non-hydrogen) atoms. The molecule has 1 fully saturated rings. The number of nitrogens with one attached hydrogen (secondary N) is 1. The largest absolute Gasteiger partial charge is 0.331 e. The number of amides is 2. The zero-order valence-corrected chi connectivity index (χ0v) is 12.3. The van der Waals surface area contributed by atoms with E-state index in [0.29, 0.717) is 6.04 Å². The second kappa shape index (κ2) is 7.59. The number of hydrogen-bond donors (Lipinski definition) is 1. The number of nitrogens with zero attached hydrogens (tertiary/aromatic N) is 3. The third kappa shape index (κ3) is 4.82. The number of piperidine rings is 1. The summed E-state index contributed by atoms with van der Waals surface area (Å²) in [7, 11) is 5.76. The molecule has 1 heterocycles. The van der Waals surface area contributed by atoms with Crippen LogP contribution in [0.15, 0.2) is 0 Å². The summed E-state index contributed by atoms with van der Waals surface area (Å²) < 4.78 is 0. The molecule has 0 unspecified atom stereocenters. The van der Waals surface area contributed by atoms with E-state index in [1.165, 1.54) is 0 Å². The second-order valence-corrected chi connectivity index (χ2v) is 5.29. The highest BCUT2D eigenvalue weighted by molar-refractivity contribution is 5.73. The highest BCUT2D eigenvalue weighted by atomic mass is 16.2. The first kappa shape index (κ1) is 15.2. The number of carbonyl (C=O) groups excluding carboxylic acids is 1. The fourth-order valence-corrected chi connectivity index (χ4v) is 2.18. The summed E-state index contributed by atoms with van der Waals surface area (Å²) in [5, 5.41) is 3.58. The fourth-order valence-electron chi connectivity index (χ4n) is 2.18. The van der Waals surface area contributed by atoms with Gasteiger partial charge in [-0.05, 0) is 26.4 Å². The first-order valence-corrected chi connectivity index (χ1v) is 6.92. The zero-order chi connectivity index (χ0) is 13.5. The van der Waals surface area contributed by atoms with Crippen molar-refractivity contribution < 1.29 is 4.79 Å². The summed E-state index contributed by atoms with van der Waals surface area (Å²) in [6.45, 7) is 7.14. The smallest absolute Gasteiger partial charge is 0.319 e. The number of hydrogen-bond acceptors (Lipinski definition) is 3. The molecule has 1 aliphatic heterocycles. The molecule has 0 aromatic carbocycles. The van der Waals surface area contributed by atoms with Crippen LogP contribution in [0.4, 0.5) is 4.79 Å². The lowest BCUT2D eigenvalue weighted by Crippen LogP contribution is -2.48. The van der Waals surface area contributed by atoms with Crippen LogP contribution in [-0.4, -0.2) is 80.6 Å². The minimum Gasteiger partial charge on any atom is -0.331 e. The molecule has 0 aromatic heterocycles. The van der Waals surface area contributed by atoms with E-state index in [9.17, 15) is 4.79 Å². The van der Waals surface area contributed by atoms with Crippen LogP contribution in [0.3, 0.4) is 0 Å². The van der Waals surface area contributed by atoms with E-state index >= 15 is 0 Å². The first-order chi connectivity index (χ1) is 8.54. The van der Waals surface area contributed by atoms with Gasteiger partial charge in [-0.3, -0.25) is 0 Å². The monoisotopic (exact) mass is 256 g/mol. The maximum Gasteiger partial charge on any atom is 0.319 e. The minimum absolute atomic E-state index is 0.138. The third-order valence-electron chi connectivity index (χ3n) is 3.61. The standard InChI is InChI=1S/C13H28N4O/c1-5-16(4)11-8-14-12-6-9-17(10-7-12)13(18)15(2)3/h12,14H,5-11H2,1-4H3. The van der Waals surface area contributed by atoms with Crippen molar-refractivity contribution in [2.75, 3.05) is 53.9 Å². The van der Waals surface area contributed by atoms with Crippen LogP contribution in [0.25, 0.3) is 0 Å². The number of urea groups is 1. The lowest BCUT2D eigenvalue weighted by Gasteiger charge is -2.34. The molecule has 0 bridgehead atoms. The van der Waals surface area contributed by atoms with Gasteiger partial charge in [-0.1, -0.05) is 6.92 Å². The molecule has 0 aliphatic carbocycles. The van der Waals surface area contributed by atoms with E-state index in [-0.39, 0.29) is 6.03 Å². The first-order valence-electron chi connectivity index (χ1n) is 6.92. The Bertz CT molecular complexity index is 249. The number of likely N-dealkylation sites (N-methyl/N-ethyl adjacent to an activating group) is 1. The minimum atomic E-state index is 0.138. The molecule has 0 atom stereocenters. The molecule has 5 nitrogen and oxygen atoms in total. The van der Waals surface area contributed by atoms with Crippen LogP contribution >= 0.6 is 0 Å². The quantitative estimate of drug-likeness (QED) is 0.786. The summed E-state index contributed by atoms with van der Waals surface area (Å²) in [4.78, 5) is 17.7. The molecule has 0 saturated carbocycles. The average Bonchev–Trinajstić information content (AvgIpc) is 2.38. The topological polar surface area (TPSA) is 38.8 Å². The Labute approximate surface area is 111 Å². The maximum atomic E-state index is 11.8. The Balaban J connectivity index is 2.17. The van der Waals surface area contributed by atoms with Crippen molar-refractivity contribution in [3.63, 3.8) is 0 Å². The van der Waals surface area contributed by atoms with Crippen LogP contribution < -0.4 is 5.32 Å². The van der Waals surface area contributed by atoms with Gasteiger partial charge in [0.25, 0.3) is 0 Å². The predicted octanol–water partition coefficient (Wildman–Crippen LogP) is 0.674. The maximum absolute atomic E-state index is 11.8. The van der Waals surface area contributed by atoms with Gasteiger partial charge in [0.2, 0.25) is 0 Å². The summed E-state index contributed by atoms with van der Waals surface area (Å²) in [6.07, 6.45) is 2.13. The van der Waals surface area contributed by atoms with Gasteiger partial charge in [-0.2, -0.15) is 0 Å². The van der Waals surface area contributed by atoms with Crippen molar-refractivity contribution in [3.05, 3.63) is 0 Å². The van der Waals surface area contributed by atoms with Gasteiger partial charge in [-0.15, -0.1) is 0 Å². The molecular weight excluding hydrogens is 228 g/mol. The van der Waals surface area contributed by atoms with Crippen molar-refractivity contribution in [1.82, 2.24) is 20.0 Å². The summed E-state index contributed by atoms with van der Waals surface area (Å²) in [5.41, 5.74) is 0. The number of rotatable bonds is 5. The van der Waals surface area contributed by atoms with Gasteiger partial charge in [0.15, 0.2) is 0 Å². The molecule has 0 aromatic rings. The molecule has 106 valence electrons. The Morgan fingerprint density at radius 2 is 1.89 bits per heavy atom. The summed E-state index contributed by atoms with van der Waals surface area (Å²) >= 11 is 0. The van der Waals surface area contributed by atoms with Crippen molar-refractivity contribution in [2.45, 2.75) is 25.8 Å². The predicted molar refractivity (Wildman–Crippen MR) is 74.9 cm³/mol. The molecule has 5 heteroatoms. The van der Waals surface area contributed by atoms with E-state index < -0.39 is 0 Å². The molecule has 0 spiro atoms. The molecular formula is C13H28N4O. The van der Waals surface area contributed by atoms with Gasteiger partial charge in [0.05, 0.1) is 0 Å². The van der Waals surface area contributed by atoms with Gasteiger partial charge in [-0.25, -0.2) is 4.79 Å². The van der Waals surface area contributed by atoms with Gasteiger partial charge in [0.1, 0.15) is 0 Å². The van der Waals surface area contributed by atoms with Crippen LogP contribution in [0.1, 0.15) is 19.8 Å². The number of likely N-dealkylation sites (tertiary alicyclic amines) is 1. The van der Waals surface area contributed by atoms with Crippen LogP contribution in [0.5, 0.6) is 0 Å². The third-order valence-corrected chi connectivity index (χ3v) is 3.61. The second-order valence-electron chi connectivity index (χ2n) is 5.29. The van der Waals surface area contributed by atoms with Gasteiger partial charge in [0, 0.05) is 46.3 Å². The highest BCUT2D eigenvalue weighted by Crippen LogP contribution is 2.11. The summed E-state index contributed by atoms with van der Waals surface area (Å²) in [5.74, 6) is 0. The number of carbonyl (C=O) groups is 1. The molecule has 1 rings (SSSR count). The van der Waals surface area contributed by atoms with E-state index in [2.05, 4.69) is 24.2 Å². The Hall–Kier alpha value is -0.810. The fraction of sp³-hybridized carbons (Fsp3) is 0.923. The van der Waals surface area contributed by atoms with Crippen LogP contribution in [0.2, 0.25) is 0 Å². The average molecular weight is 256 g/mol. The summed E-state index contributed by atoms with van der Waals surface area (Å²) in [6, 6.07) is 0.709. The zero-order valence-electron chi connectivity index (χ0n) is 12.3. The molecule has 0 radical (unpaired) electrons. The van der Waals surface area contributed by atoms with E-state index in [1.807, 2.05) is 19.0 Å². The highest BCUT2D eigenvalue weighted by Gasteiger charge is 2.23. The molecule has 1 N–H and O–H groups in total. The molecule has 1 saturated heterocycles. The van der Waals surface area contributed by atoms with Crippen molar-refractivity contribution in [1.29, 1.82) is 0 Å². The van der Waals surface area contributed by atoms with Crippen molar-refractivity contribution >= 4 is 6.03 Å². The van der Waals surface area contributed by atoms with Gasteiger partial charge < -0.3 is 20.0 Å². The lowest BCUT2D eigenvalue weighted by atomic mass is 10.1. The van der Waals surface area contributed by atoms with E-state index in [0.717, 1.165) is 45.6 Å².